The third-order valence-electron chi connectivity index (χ3n) is 5.71. The minimum Gasteiger partial charge on any atom is -0.356 e. The van der Waals surface area contributed by atoms with Crippen LogP contribution in [0.3, 0.4) is 0 Å². The van der Waals surface area contributed by atoms with E-state index in [1.54, 1.807) is 12.1 Å². The Bertz CT molecular complexity index is 635. The number of halogens is 1. The van der Waals surface area contributed by atoms with Gasteiger partial charge in [-0.2, -0.15) is 0 Å². The lowest BCUT2D eigenvalue weighted by Crippen LogP contribution is -2.53. The maximum Gasteiger partial charge on any atom is 0.317 e. The maximum absolute atomic E-state index is 13.1. The topological polar surface area (TPSA) is 61.4 Å². The lowest BCUT2D eigenvalue weighted by Gasteiger charge is -2.39. The zero-order valence-electron chi connectivity index (χ0n) is 15.9. The number of rotatable bonds is 2. The zero-order valence-corrected chi connectivity index (χ0v) is 15.9. The van der Waals surface area contributed by atoms with Gasteiger partial charge in [0.25, 0.3) is 0 Å². The molecule has 1 heterocycles. The Hall–Kier alpha value is -2.11. The van der Waals surface area contributed by atoms with Crippen LogP contribution in [0.15, 0.2) is 24.3 Å². The van der Waals surface area contributed by atoms with Gasteiger partial charge in [-0.3, -0.25) is 4.79 Å². The Balaban J connectivity index is 1.70. The van der Waals surface area contributed by atoms with E-state index < -0.39 is 0 Å². The van der Waals surface area contributed by atoms with E-state index in [-0.39, 0.29) is 29.7 Å². The molecule has 0 bridgehead atoms. The monoisotopic (exact) mass is 375 g/mol. The molecule has 0 radical (unpaired) electrons. The molecule has 1 aromatic carbocycles. The first kappa shape index (κ1) is 19.6. The number of amides is 3. The van der Waals surface area contributed by atoms with E-state index in [1.807, 2.05) is 4.90 Å². The molecule has 1 saturated carbocycles. The number of carbonyl (C=O) groups is 2. The molecule has 0 spiro atoms. The van der Waals surface area contributed by atoms with Crippen molar-refractivity contribution in [2.24, 2.45) is 5.92 Å². The molecule has 0 unspecified atom stereocenters. The number of nitrogens with one attached hydrogen (secondary N) is 2. The van der Waals surface area contributed by atoms with E-state index in [4.69, 9.17) is 0 Å². The van der Waals surface area contributed by atoms with Crippen LogP contribution >= 0.6 is 0 Å². The molecule has 3 amide bonds. The highest BCUT2D eigenvalue weighted by molar-refractivity contribution is 5.81. The molecule has 1 aromatic rings. The van der Waals surface area contributed by atoms with Crippen LogP contribution in [-0.4, -0.2) is 36.0 Å². The first-order valence-corrected chi connectivity index (χ1v) is 10.2. The van der Waals surface area contributed by atoms with Crippen LogP contribution in [0, 0.1) is 11.7 Å². The molecule has 27 heavy (non-hydrogen) atoms. The van der Waals surface area contributed by atoms with Crippen LogP contribution in [0.2, 0.25) is 0 Å². The maximum atomic E-state index is 13.1. The highest BCUT2D eigenvalue weighted by atomic mass is 19.1. The summed E-state index contributed by atoms with van der Waals surface area (Å²) in [6.45, 7) is 1.78. The van der Waals surface area contributed by atoms with Crippen molar-refractivity contribution in [1.82, 2.24) is 15.5 Å². The first-order valence-electron chi connectivity index (χ1n) is 10.2. The van der Waals surface area contributed by atoms with Crippen LogP contribution < -0.4 is 10.6 Å². The quantitative estimate of drug-likeness (QED) is 0.830. The van der Waals surface area contributed by atoms with Crippen molar-refractivity contribution < 1.29 is 14.0 Å². The van der Waals surface area contributed by atoms with Crippen molar-refractivity contribution in [3.05, 3.63) is 35.6 Å². The fourth-order valence-electron chi connectivity index (χ4n) is 4.19. The number of nitrogens with zero attached hydrogens (tertiary/aromatic N) is 1. The van der Waals surface area contributed by atoms with E-state index in [0.717, 1.165) is 63.5 Å². The molecule has 3 rings (SSSR count). The van der Waals surface area contributed by atoms with E-state index in [1.165, 1.54) is 12.1 Å². The number of benzene rings is 1. The van der Waals surface area contributed by atoms with Crippen molar-refractivity contribution in [1.29, 1.82) is 0 Å². The summed E-state index contributed by atoms with van der Waals surface area (Å²) in [7, 11) is 0. The molecule has 2 fully saturated rings. The van der Waals surface area contributed by atoms with Crippen molar-refractivity contribution in [3.63, 3.8) is 0 Å². The summed E-state index contributed by atoms with van der Waals surface area (Å²) in [6.07, 6.45) is 7.91. The molecule has 1 aliphatic carbocycles. The van der Waals surface area contributed by atoms with E-state index in [2.05, 4.69) is 10.6 Å². The Morgan fingerprint density at radius 3 is 2.63 bits per heavy atom. The lowest BCUT2D eigenvalue weighted by molar-refractivity contribution is -0.127. The summed E-state index contributed by atoms with van der Waals surface area (Å²) < 4.78 is 13.1. The molecule has 0 aromatic heterocycles. The Morgan fingerprint density at radius 1 is 1.07 bits per heavy atom. The minimum atomic E-state index is -0.284. The lowest BCUT2D eigenvalue weighted by atomic mass is 9.82. The number of urea groups is 1. The summed E-state index contributed by atoms with van der Waals surface area (Å²) in [5, 5.41) is 6.04. The van der Waals surface area contributed by atoms with Gasteiger partial charge in [0.15, 0.2) is 0 Å². The van der Waals surface area contributed by atoms with Gasteiger partial charge >= 0.3 is 6.03 Å². The number of hydrogen-bond donors (Lipinski definition) is 2. The Kier molecular flexibility index (Phi) is 7.07. The van der Waals surface area contributed by atoms with Crippen molar-refractivity contribution in [2.45, 2.75) is 64.0 Å². The molecule has 2 N–H and O–H groups in total. The van der Waals surface area contributed by atoms with Crippen LogP contribution in [0.4, 0.5) is 9.18 Å². The summed E-state index contributed by atoms with van der Waals surface area (Å²) >= 11 is 0. The van der Waals surface area contributed by atoms with Gasteiger partial charge in [-0.05, 0) is 43.4 Å². The third kappa shape index (κ3) is 5.44. The smallest absolute Gasteiger partial charge is 0.317 e. The van der Waals surface area contributed by atoms with Crippen LogP contribution in [0.1, 0.15) is 56.9 Å². The normalized spacial score (nSPS) is 24.3. The predicted molar refractivity (Wildman–Crippen MR) is 103 cm³/mol. The van der Waals surface area contributed by atoms with Gasteiger partial charge < -0.3 is 15.5 Å². The average molecular weight is 375 g/mol. The largest absolute Gasteiger partial charge is 0.356 e. The van der Waals surface area contributed by atoms with Crippen molar-refractivity contribution >= 4 is 11.9 Å². The molecule has 1 aliphatic heterocycles. The highest BCUT2D eigenvalue weighted by Gasteiger charge is 2.36. The number of carbonyl (C=O) groups excluding carboxylic acids is 2. The van der Waals surface area contributed by atoms with Crippen LogP contribution in [0.5, 0.6) is 0 Å². The molecule has 148 valence electrons. The van der Waals surface area contributed by atoms with E-state index >= 15 is 0 Å². The van der Waals surface area contributed by atoms with Gasteiger partial charge in [0.1, 0.15) is 5.82 Å². The molecule has 1 saturated heterocycles. The molecule has 2 atom stereocenters. The predicted octanol–water partition coefficient (Wildman–Crippen LogP) is 3.59. The van der Waals surface area contributed by atoms with Gasteiger partial charge in [-0.25, -0.2) is 9.18 Å². The van der Waals surface area contributed by atoms with Gasteiger partial charge in [-0.15, -0.1) is 0 Å². The van der Waals surface area contributed by atoms with Gasteiger partial charge in [0.2, 0.25) is 5.91 Å². The summed E-state index contributed by atoms with van der Waals surface area (Å²) in [5.74, 6) is -0.306. The van der Waals surface area contributed by atoms with Crippen molar-refractivity contribution in [2.75, 3.05) is 13.1 Å². The number of fused-ring (bicyclic) bond motifs is 1. The van der Waals surface area contributed by atoms with Crippen molar-refractivity contribution in [3.8, 4) is 0 Å². The molecular weight excluding hydrogens is 345 g/mol. The Labute approximate surface area is 160 Å². The van der Waals surface area contributed by atoms with E-state index in [0.29, 0.717) is 13.1 Å². The van der Waals surface area contributed by atoms with Gasteiger partial charge in [0, 0.05) is 25.7 Å². The second-order valence-corrected chi connectivity index (χ2v) is 7.64. The standard InChI is InChI=1S/C21H30FN3O2/c22-17-11-9-16(10-12-17)15-24-21(27)25-14-6-2-1-5-13-23-20(26)18-7-3-4-8-19(18)25/h9-12,18-19H,1-8,13-15H2,(H,23,26)(H,24,27)/t18-,19+/m1/s1. The average Bonchev–Trinajstić information content (AvgIpc) is 2.72. The van der Waals surface area contributed by atoms with Crippen LogP contribution in [0.25, 0.3) is 0 Å². The summed E-state index contributed by atoms with van der Waals surface area (Å²) in [5.41, 5.74) is 0.862. The SMILES string of the molecule is O=C1NCCCCCCN(C(=O)NCc2ccc(F)cc2)[C@H]2CCCC[C@@H]12. The highest BCUT2D eigenvalue weighted by Crippen LogP contribution is 2.29. The van der Waals surface area contributed by atoms with Gasteiger partial charge in [-0.1, -0.05) is 37.8 Å². The molecule has 2 aliphatic rings. The minimum absolute atomic E-state index is 0.0370. The summed E-state index contributed by atoms with van der Waals surface area (Å²) in [4.78, 5) is 27.5. The molecular formula is C21H30FN3O2. The van der Waals surface area contributed by atoms with E-state index in [9.17, 15) is 14.0 Å². The zero-order chi connectivity index (χ0) is 19.1. The Morgan fingerprint density at radius 2 is 1.81 bits per heavy atom. The first-order chi connectivity index (χ1) is 13.1. The fourth-order valence-corrected chi connectivity index (χ4v) is 4.19. The third-order valence-corrected chi connectivity index (χ3v) is 5.71. The molecule has 6 heteroatoms. The second kappa shape index (κ2) is 9.72. The summed E-state index contributed by atoms with van der Waals surface area (Å²) in [6, 6.07) is 6.00. The molecule has 5 nitrogen and oxygen atoms in total. The second-order valence-electron chi connectivity index (χ2n) is 7.64. The number of hydrogen-bond acceptors (Lipinski definition) is 2. The van der Waals surface area contributed by atoms with Crippen LogP contribution in [-0.2, 0) is 11.3 Å². The fraction of sp³-hybridized carbons (Fsp3) is 0.619. The van der Waals surface area contributed by atoms with Gasteiger partial charge in [0.05, 0.1) is 5.92 Å².